The predicted octanol–water partition coefficient (Wildman–Crippen LogP) is 4.07. The molecule has 0 aliphatic heterocycles. The van der Waals surface area contributed by atoms with Crippen LogP contribution in [0.25, 0.3) is 10.8 Å². The van der Waals surface area contributed by atoms with E-state index < -0.39 is 0 Å². The average Bonchev–Trinajstić information content (AvgIpc) is 2.35. The number of fused-ring (bicyclic) bond motifs is 1. The molecular formula is C16H21NS. The Hall–Kier alpha value is -0.990. The lowest BCUT2D eigenvalue weighted by molar-refractivity contribution is 0.294. The molecule has 0 saturated carbocycles. The topological polar surface area (TPSA) is 3.24 Å². The molecule has 0 aliphatic carbocycles. The van der Waals surface area contributed by atoms with Gasteiger partial charge in [-0.05, 0) is 55.6 Å². The Bertz CT molecular complexity index is 534. The molecule has 0 spiro atoms. The molecule has 0 aliphatic rings. The van der Waals surface area contributed by atoms with Crippen LogP contribution >= 0.6 is 12.6 Å². The Kier molecular flexibility index (Phi) is 4.31. The van der Waals surface area contributed by atoms with E-state index in [1.165, 1.54) is 21.9 Å². The summed E-state index contributed by atoms with van der Waals surface area (Å²) in [5, 5.41) is 2.64. The van der Waals surface area contributed by atoms with Crippen LogP contribution in [0.3, 0.4) is 0 Å². The Balaban J connectivity index is 2.42. The van der Waals surface area contributed by atoms with E-state index in [-0.39, 0.29) is 0 Å². The first-order valence-electron chi connectivity index (χ1n) is 6.39. The number of aryl methyl sites for hydroxylation is 1. The van der Waals surface area contributed by atoms with Gasteiger partial charge in [0.1, 0.15) is 0 Å². The predicted molar refractivity (Wildman–Crippen MR) is 83.6 cm³/mol. The molecule has 0 N–H and O–H groups in total. The van der Waals surface area contributed by atoms with Crippen molar-refractivity contribution in [2.45, 2.75) is 19.4 Å². The summed E-state index contributed by atoms with van der Waals surface area (Å²) in [6.07, 6.45) is 1.08. The second-order valence-electron chi connectivity index (χ2n) is 5.10. The molecule has 2 heteroatoms. The number of hydrogen-bond donors (Lipinski definition) is 1. The van der Waals surface area contributed by atoms with E-state index in [0.29, 0.717) is 6.04 Å². The number of rotatable bonds is 4. The van der Waals surface area contributed by atoms with Gasteiger partial charge in [-0.3, -0.25) is 0 Å². The zero-order chi connectivity index (χ0) is 13.1. The van der Waals surface area contributed by atoms with Gasteiger partial charge in [0.05, 0.1) is 0 Å². The van der Waals surface area contributed by atoms with Crippen molar-refractivity contribution in [2.75, 3.05) is 19.8 Å². The van der Waals surface area contributed by atoms with Crippen LogP contribution in [0, 0.1) is 6.92 Å². The van der Waals surface area contributed by atoms with Crippen molar-refractivity contribution in [3.05, 3.63) is 47.5 Å². The van der Waals surface area contributed by atoms with Crippen molar-refractivity contribution in [3.8, 4) is 0 Å². The molecule has 18 heavy (non-hydrogen) atoms. The van der Waals surface area contributed by atoms with Gasteiger partial charge in [-0.2, -0.15) is 12.6 Å². The molecule has 0 radical (unpaired) electrons. The van der Waals surface area contributed by atoms with Gasteiger partial charge in [0.15, 0.2) is 0 Å². The normalized spacial score (nSPS) is 13.2. The Morgan fingerprint density at radius 2 is 1.72 bits per heavy atom. The third-order valence-electron chi connectivity index (χ3n) is 3.43. The van der Waals surface area contributed by atoms with Crippen LogP contribution in [0.1, 0.15) is 23.6 Å². The molecule has 96 valence electrons. The summed E-state index contributed by atoms with van der Waals surface area (Å²) in [6.45, 7) is 2.14. The summed E-state index contributed by atoms with van der Waals surface area (Å²) in [4.78, 5) is 2.27. The van der Waals surface area contributed by atoms with Crippen LogP contribution in [0.5, 0.6) is 0 Å². The highest BCUT2D eigenvalue weighted by Crippen LogP contribution is 2.26. The quantitative estimate of drug-likeness (QED) is 0.810. The van der Waals surface area contributed by atoms with Crippen molar-refractivity contribution >= 4 is 23.4 Å². The summed E-state index contributed by atoms with van der Waals surface area (Å²) in [7, 11) is 4.26. The van der Waals surface area contributed by atoms with Crippen molar-refractivity contribution in [1.29, 1.82) is 0 Å². The molecule has 0 aromatic heterocycles. The van der Waals surface area contributed by atoms with Gasteiger partial charge < -0.3 is 4.90 Å². The summed E-state index contributed by atoms with van der Waals surface area (Å²) in [6, 6.07) is 13.9. The molecule has 2 aromatic rings. The van der Waals surface area contributed by atoms with Crippen LogP contribution < -0.4 is 0 Å². The largest absolute Gasteiger partial charge is 0.302 e. The number of thiol groups is 1. The molecule has 2 rings (SSSR count). The lowest BCUT2D eigenvalue weighted by atomic mass is 9.98. The lowest BCUT2D eigenvalue weighted by Crippen LogP contribution is -2.20. The zero-order valence-electron chi connectivity index (χ0n) is 11.4. The van der Waals surface area contributed by atoms with E-state index in [1.807, 2.05) is 0 Å². The molecule has 0 saturated heterocycles. The number of nitrogens with zero attached hydrogens (tertiary/aromatic N) is 1. The third-order valence-corrected chi connectivity index (χ3v) is 3.69. The van der Waals surface area contributed by atoms with Gasteiger partial charge in [-0.1, -0.05) is 35.9 Å². The minimum Gasteiger partial charge on any atom is -0.302 e. The van der Waals surface area contributed by atoms with Gasteiger partial charge >= 0.3 is 0 Å². The minimum absolute atomic E-state index is 0.452. The summed E-state index contributed by atoms with van der Waals surface area (Å²) in [5.41, 5.74) is 2.69. The second kappa shape index (κ2) is 5.77. The van der Waals surface area contributed by atoms with Gasteiger partial charge in [-0.15, -0.1) is 0 Å². The van der Waals surface area contributed by atoms with Crippen LogP contribution in [-0.4, -0.2) is 24.7 Å². The number of hydrogen-bond acceptors (Lipinski definition) is 2. The van der Waals surface area contributed by atoms with Crippen LogP contribution in [0.4, 0.5) is 0 Å². The fraction of sp³-hybridized carbons (Fsp3) is 0.375. The Morgan fingerprint density at radius 1 is 1.06 bits per heavy atom. The average molecular weight is 259 g/mol. The van der Waals surface area contributed by atoms with E-state index in [1.54, 1.807) is 0 Å². The van der Waals surface area contributed by atoms with Crippen molar-refractivity contribution in [3.63, 3.8) is 0 Å². The first kappa shape index (κ1) is 13.4. The molecule has 0 heterocycles. The molecule has 0 bridgehead atoms. The van der Waals surface area contributed by atoms with E-state index in [2.05, 4.69) is 74.9 Å². The van der Waals surface area contributed by atoms with Gasteiger partial charge in [0.2, 0.25) is 0 Å². The van der Waals surface area contributed by atoms with Gasteiger partial charge in [-0.25, -0.2) is 0 Å². The standard InChI is InChI=1S/C16H21NS/c1-12-4-5-14-11-15(7-6-13(14)10-12)16(8-9-18)17(2)3/h4-7,10-11,16,18H,8-9H2,1-3H3. The molecule has 2 aromatic carbocycles. The Labute approximate surface area is 115 Å². The lowest BCUT2D eigenvalue weighted by Gasteiger charge is -2.24. The first-order chi connectivity index (χ1) is 8.61. The maximum Gasteiger partial charge on any atom is 0.0350 e. The minimum atomic E-state index is 0.452. The highest BCUT2D eigenvalue weighted by Gasteiger charge is 2.13. The molecule has 1 atom stereocenters. The zero-order valence-corrected chi connectivity index (χ0v) is 12.2. The maximum atomic E-state index is 4.37. The van der Waals surface area contributed by atoms with Gasteiger partial charge in [0, 0.05) is 6.04 Å². The maximum absolute atomic E-state index is 4.37. The SMILES string of the molecule is Cc1ccc2cc(C(CCS)N(C)C)ccc2c1. The monoisotopic (exact) mass is 259 g/mol. The van der Waals surface area contributed by atoms with Crippen molar-refractivity contribution in [1.82, 2.24) is 4.90 Å². The van der Waals surface area contributed by atoms with E-state index in [4.69, 9.17) is 0 Å². The van der Waals surface area contributed by atoms with E-state index in [0.717, 1.165) is 12.2 Å². The molecule has 1 nitrogen and oxygen atoms in total. The first-order valence-corrected chi connectivity index (χ1v) is 7.02. The van der Waals surface area contributed by atoms with E-state index >= 15 is 0 Å². The highest BCUT2D eigenvalue weighted by atomic mass is 32.1. The van der Waals surface area contributed by atoms with Gasteiger partial charge in [0.25, 0.3) is 0 Å². The third kappa shape index (κ3) is 2.88. The van der Waals surface area contributed by atoms with E-state index in [9.17, 15) is 0 Å². The molecular weight excluding hydrogens is 238 g/mol. The van der Waals surface area contributed by atoms with Crippen molar-refractivity contribution in [2.24, 2.45) is 0 Å². The van der Waals surface area contributed by atoms with Crippen LogP contribution in [-0.2, 0) is 0 Å². The number of benzene rings is 2. The summed E-state index contributed by atoms with van der Waals surface area (Å²) >= 11 is 4.37. The van der Waals surface area contributed by atoms with Crippen LogP contribution in [0.2, 0.25) is 0 Å². The molecule has 0 fully saturated rings. The highest BCUT2D eigenvalue weighted by molar-refractivity contribution is 7.80. The fourth-order valence-electron chi connectivity index (χ4n) is 2.44. The fourth-order valence-corrected chi connectivity index (χ4v) is 2.68. The Morgan fingerprint density at radius 3 is 2.39 bits per heavy atom. The molecule has 0 amide bonds. The second-order valence-corrected chi connectivity index (χ2v) is 5.55. The van der Waals surface area contributed by atoms with Crippen LogP contribution in [0.15, 0.2) is 36.4 Å². The smallest absolute Gasteiger partial charge is 0.0350 e. The molecule has 1 unspecified atom stereocenters. The summed E-state index contributed by atoms with van der Waals surface area (Å²) < 4.78 is 0. The van der Waals surface area contributed by atoms with Crippen molar-refractivity contribution < 1.29 is 0 Å². The summed E-state index contributed by atoms with van der Waals surface area (Å²) in [5.74, 6) is 0.911.